The van der Waals surface area contributed by atoms with Crippen LogP contribution < -0.4 is 5.32 Å². The predicted molar refractivity (Wildman–Crippen MR) is 118 cm³/mol. The van der Waals surface area contributed by atoms with Gasteiger partial charge in [-0.25, -0.2) is 0 Å². The third-order valence-electron chi connectivity index (χ3n) is 4.51. The number of aliphatic hydroxyl groups is 1. The molecule has 0 aromatic carbocycles. The van der Waals surface area contributed by atoms with Crippen molar-refractivity contribution in [3.8, 4) is 0 Å². The van der Waals surface area contributed by atoms with Crippen LogP contribution in [0.3, 0.4) is 0 Å². The van der Waals surface area contributed by atoms with Crippen molar-refractivity contribution in [3.05, 3.63) is 48.6 Å². The van der Waals surface area contributed by atoms with Crippen LogP contribution in [0.15, 0.2) is 48.6 Å². The van der Waals surface area contributed by atoms with E-state index in [1.807, 2.05) is 43.4 Å². The monoisotopic (exact) mass is 375 g/mol. The summed E-state index contributed by atoms with van der Waals surface area (Å²) in [6, 6.07) is 0. The third kappa shape index (κ3) is 16.3. The van der Waals surface area contributed by atoms with Gasteiger partial charge in [0.05, 0.1) is 5.60 Å². The van der Waals surface area contributed by atoms with Gasteiger partial charge in [-0.05, 0) is 38.7 Å². The van der Waals surface area contributed by atoms with Gasteiger partial charge in [-0.1, -0.05) is 94.9 Å². The Balaban J connectivity index is 4.18. The van der Waals surface area contributed by atoms with Crippen molar-refractivity contribution in [1.29, 1.82) is 0 Å². The smallest absolute Gasteiger partial charge is 0.243 e. The highest BCUT2D eigenvalue weighted by molar-refractivity contribution is 5.87. The zero-order valence-corrected chi connectivity index (χ0v) is 17.8. The Kier molecular flexibility index (Phi) is 16.7. The second-order valence-corrected chi connectivity index (χ2v) is 7.17. The number of carbonyl (C=O) groups is 1. The molecule has 154 valence electrons. The summed E-state index contributed by atoms with van der Waals surface area (Å²) in [5.41, 5.74) is -0.769. The molecular formula is C24H41NO2. The molecule has 27 heavy (non-hydrogen) atoms. The predicted octanol–water partition coefficient (Wildman–Crippen LogP) is 6.02. The summed E-state index contributed by atoms with van der Waals surface area (Å²) < 4.78 is 0. The molecule has 3 nitrogen and oxygen atoms in total. The first-order valence-electron chi connectivity index (χ1n) is 10.7. The fourth-order valence-electron chi connectivity index (χ4n) is 2.80. The summed E-state index contributed by atoms with van der Waals surface area (Å²) in [6.07, 6.45) is 25.4. The Labute approximate surface area is 167 Å². The molecule has 3 heteroatoms. The number of nitrogens with one attached hydrogen (secondary N) is 1. The maximum Gasteiger partial charge on any atom is 0.243 e. The number of hydrogen-bond acceptors (Lipinski definition) is 2. The summed E-state index contributed by atoms with van der Waals surface area (Å²) in [7, 11) is 0. The Morgan fingerprint density at radius 2 is 1.56 bits per heavy atom. The van der Waals surface area contributed by atoms with Crippen molar-refractivity contribution < 1.29 is 9.90 Å². The standard InChI is InChI=1S/C24H41NO2/c1-4-7-10-12-13-14-15-16-17-19-23(26)25-22-24(27,20-9-6-3)21-18-11-8-5-2/h4,7,10,12-14,17,19,27H,5-6,8-9,11,15-16,18,20-22H2,1-3H3,(H,25,26). The Morgan fingerprint density at radius 3 is 2.26 bits per heavy atom. The van der Waals surface area contributed by atoms with E-state index < -0.39 is 5.60 Å². The lowest BCUT2D eigenvalue weighted by atomic mass is 9.90. The molecule has 0 fully saturated rings. The second-order valence-electron chi connectivity index (χ2n) is 7.17. The van der Waals surface area contributed by atoms with Crippen LogP contribution in [0.5, 0.6) is 0 Å². The molecule has 0 spiro atoms. The van der Waals surface area contributed by atoms with E-state index >= 15 is 0 Å². The van der Waals surface area contributed by atoms with Crippen molar-refractivity contribution in [2.45, 2.75) is 90.6 Å². The van der Waals surface area contributed by atoms with Gasteiger partial charge in [-0.3, -0.25) is 4.79 Å². The lowest BCUT2D eigenvalue weighted by molar-refractivity contribution is -0.118. The molecule has 0 bridgehead atoms. The molecule has 0 rings (SSSR count). The van der Waals surface area contributed by atoms with E-state index in [0.717, 1.165) is 51.4 Å². The number of unbranched alkanes of at least 4 members (excludes halogenated alkanes) is 5. The molecular weight excluding hydrogens is 334 g/mol. The molecule has 1 unspecified atom stereocenters. The molecule has 0 aliphatic carbocycles. The first-order chi connectivity index (χ1) is 13.1. The topological polar surface area (TPSA) is 49.3 Å². The van der Waals surface area contributed by atoms with Crippen molar-refractivity contribution in [2.24, 2.45) is 0 Å². The van der Waals surface area contributed by atoms with E-state index in [1.54, 1.807) is 6.08 Å². The number of allylic oxidation sites excluding steroid dienone is 7. The largest absolute Gasteiger partial charge is 0.388 e. The lowest BCUT2D eigenvalue weighted by Gasteiger charge is -2.28. The molecule has 0 saturated carbocycles. The van der Waals surface area contributed by atoms with Crippen LogP contribution in [-0.4, -0.2) is 23.2 Å². The molecule has 0 heterocycles. The van der Waals surface area contributed by atoms with Gasteiger partial charge >= 0.3 is 0 Å². The van der Waals surface area contributed by atoms with E-state index in [9.17, 15) is 9.90 Å². The van der Waals surface area contributed by atoms with E-state index in [4.69, 9.17) is 0 Å². The van der Waals surface area contributed by atoms with Crippen LogP contribution in [-0.2, 0) is 4.79 Å². The maximum absolute atomic E-state index is 12.0. The van der Waals surface area contributed by atoms with Gasteiger partial charge in [0, 0.05) is 6.54 Å². The average Bonchev–Trinajstić information content (AvgIpc) is 2.67. The van der Waals surface area contributed by atoms with Crippen LogP contribution in [0.2, 0.25) is 0 Å². The molecule has 0 radical (unpaired) electrons. The van der Waals surface area contributed by atoms with Crippen molar-refractivity contribution >= 4 is 5.91 Å². The number of amides is 1. The molecule has 1 atom stereocenters. The van der Waals surface area contributed by atoms with Gasteiger partial charge in [-0.15, -0.1) is 0 Å². The summed E-state index contributed by atoms with van der Waals surface area (Å²) in [4.78, 5) is 12.0. The molecule has 0 aliphatic rings. The minimum Gasteiger partial charge on any atom is -0.388 e. The zero-order valence-electron chi connectivity index (χ0n) is 17.8. The third-order valence-corrected chi connectivity index (χ3v) is 4.51. The normalized spacial score (nSPS) is 14.7. The minimum atomic E-state index is -0.769. The first kappa shape index (κ1) is 25.4. The van der Waals surface area contributed by atoms with Gasteiger partial charge in [0.2, 0.25) is 5.91 Å². The molecule has 0 aromatic rings. The van der Waals surface area contributed by atoms with Crippen LogP contribution in [0.1, 0.15) is 85.0 Å². The second kappa shape index (κ2) is 17.8. The Morgan fingerprint density at radius 1 is 0.889 bits per heavy atom. The highest BCUT2D eigenvalue weighted by Gasteiger charge is 2.25. The van der Waals surface area contributed by atoms with Crippen molar-refractivity contribution in [1.82, 2.24) is 5.32 Å². The quantitative estimate of drug-likeness (QED) is 0.197. The average molecular weight is 376 g/mol. The highest BCUT2D eigenvalue weighted by atomic mass is 16.3. The van der Waals surface area contributed by atoms with Crippen LogP contribution >= 0.6 is 0 Å². The van der Waals surface area contributed by atoms with E-state index in [1.165, 1.54) is 12.8 Å². The number of rotatable bonds is 16. The van der Waals surface area contributed by atoms with E-state index in [-0.39, 0.29) is 5.91 Å². The SMILES string of the molecule is CC=CC=CC=CCCC=CC(=O)NCC(O)(CCCC)CCCCCC. The van der Waals surface area contributed by atoms with E-state index in [2.05, 4.69) is 25.2 Å². The molecule has 0 aromatic heterocycles. The van der Waals surface area contributed by atoms with Crippen LogP contribution in [0, 0.1) is 0 Å². The number of hydrogen-bond donors (Lipinski definition) is 2. The van der Waals surface area contributed by atoms with Gasteiger partial charge < -0.3 is 10.4 Å². The fourth-order valence-corrected chi connectivity index (χ4v) is 2.80. The van der Waals surface area contributed by atoms with Crippen LogP contribution in [0.25, 0.3) is 0 Å². The summed E-state index contributed by atoms with van der Waals surface area (Å²) in [5.74, 6) is -0.115. The zero-order chi connectivity index (χ0) is 20.2. The molecule has 2 N–H and O–H groups in total. The summed E-state index contributed by atoms with van der Waals surface area (Å²) in [6.45, 7) is 6.65. The molecule has 1 amide bonds. The van der Waals surface area contributed by atoms with Gasteiger partial charge in [-0.2, -0.15) is 0 Å². The van der Waals surface area contributed by atoms with Gasteiger partial charge in [0.15, 0.2) is 0 Å². The van der Waals surface area contributed by atoms with Gasteiger partial charge in [0.1, 0.15) is 0 Å². The summed E-state index contributed by atoms with van der Waals surface area (Å²) >= 11 is 0. The number of carbonyl (C=O) groups excluding carboxylic acids is 1. The minimum absolute atomic E-state index is 0.115. The first-order valence-corrected chi connectivity index (χ1v) is 10.7. The fraction of sp³-hybridized carbons (Fsp3) is 0.625. The lowest BCUT2D eigenvalue weighted by Crippen LogP contribution is -2.42. The van der Waals surface area contributed by atoms with Crippen LogP contribution in [0.4, 0.5) is 0 Å². The van der Waals surface area contributed by atoms with E-state index in [0.29, 0.717) is 6.54 Å². The van der Waals surface area contributed by atoms with Gasteiger partial charge in [0.25, 0.3) is 0 Å². The Hall–Kier alpha value is -1.61. The maximum atomic E-state index is 12.0. The molecule has 0 saturated heterocycles. The Bertz CT molecular complexity index is 477. The van der Waals surface area contributed by atoms with Crippen molar-refractivity contribution in [3.63, 3.8) is 0 Å². The molecule has 0 aliphatic heterocycles. The summed E-state index contributed by atoms with van der Waals surface area (Å²) in [5, 5.41) is 13.7. The van der Waals surface area contributed by atoms with Crippen molar-refractivity contribution in [2.75, 3.05) is 6.54 Å². The highest BCUT2D eigenvalue weighted by Crippen LogP contribution is 2.21.